The maximum atomic E-state index is 4.64. The van der Waals surface area contributed by atoms with Gasteiger partial charge in [-0.2, -0.15) is 5.10 Å². The molecule has 4 aromatic rings. The number of aromatic nitrogens is 5. The van der Waals surface area contributed by atoms with Crippen molar-refractivity contribution in [1.82, 2.24) is 35.0 Å². The number of rotatable bonds is 7. The van der Waals surface area contributed by atoms with Gasteiger partial charge in [0, 0.05) is 25.5 Å². The molecule has 0 radical (unpaired) electrons. The second-order valence-electron chi connectivity index (χ2n) is 6.55. The van der Waals surface area contributed by atoms with Crippen molar-refractivity contribution in [3.63, 3.8) is 0 Å². The van der Waals surface area contributed by atoms with Gasteiger partial charge in [-0.15, -0.1) is 34.2 Å². The van der Waals surface area contributed by atoms with Gasteiger partial charge in [-0.25, -0.2) is 9.67 Å². The van der Waals surface area contributed by atoms with Gasteiger partial charge < -0.3 is 10.6 Å². The van der Waals surface area contributed by atoms with Crippen LogP contribution in [0.4, 0.5) is 0 Å². The minimum absolute atomic E-state index is 0. The second kappa shape index (κ2) is 10.7. The highest BCUT2D eigenvalue weighted by atomic mass is 127. The Kier molecular flexibility index (Phi) is 7.77. The lowest BCUT2D eigenvalue weighted by atomic mass is 10.2. The predicted octanol–water partition coefficient (Wildman–Crippen LogP) is 2.83. The van der Waals surface area contributed by atoms with Gasteiger partial charge >= 0.3 is 0 Å². The van der Waals surface area contributed by atoms with Crippen molar-refractivity contribution in [2.24, 2.45) is 4.99 Å². The Morgan fingerprint density at radius 1 is 1.03 bits per heavy atom. The zero-order valence-electron chi connectivity index (χ0n) is 16.8. The van der Waals surface area contributed by atoms with E-state index in [4.69, 9.17) is 0 Å². The van der Waals surface area contributed by atoms with Crippen LogP contribution in [0, 0.1) is 0 Å². The van der Waals surface area contributed by atoms with Gasteiger partial charge in [0.25, 0.3) is 0 Å². The molecule has 0 unspecified atom stereocenters. The van der Waals surface area contributed by atoms with Gasteiger partial charge in [0.1, 0.15) is 6.54 Å². The topological polar surface area (TPSA) is 84.4 Å². The highest BCUT2D eigenvalue weighted by Crippen LogP contribution is 2.08. The average Bonchev–Trinajstić information content (AvgIpc) is 3.40. The van der Waals surface area contributed by atoms with Crippen LogP contribution in [0.3, 0.4) is 0 Å². The summed E-state index contributed by atoms with van der Waals surface area (Å²) in [5.74, 6) is 1.57. The normalized spacial score (nSPS) is 11.3. The van der Waals surface area contributed by atoms with Gasteiger partial charge in [-0.3, -0.25) is 4.40 Å². The molecule has 3 aromatic heterocycles. The molecule has 0 amide bonds. The molecule has 0 aliphatic carbocycles. The van der Waals surface area contributed by atoms with E-state index in [9.17, 15) is 0 Å². The van der Waals surface area contributed by atoms with Crippen LogP contribution in [-0.4, -0.2) is 43.4 Å². The van der Waals surface area contributed by atoms with Crippen molar-refractivity contribution in [2.75, 3.05) is 13.1 Å². The Labute approximate surface area is 192 Å². The quantitative estimate of drug-likeness (QED) is 0.224. The lowest BCUT2D eigenvalue weighted by Gasteiger charge is -2.10. The average molecular weight is 516 g/mol. The number of hydrogen-bond acceptors (Lipinski definition) is 4. The molecule has 0 fully saturated rings. The molecule has 0 saturated heterocycles. The smallest absolute Gasteiger partial charge is 0.191 e. The molecule has 4 rings (SSSR count). The monoisotopic (exact) mass is 516 g/mol. The molecule has 0 bridgehead atoms. The zero-order chi connectivity index (χ0) is 19.9. The first-order chi connectivity index (χ1) is 14.3. The molecule has 9 heteroatoms. The number of halogens is 1. The maximum absolute atomic E-state index is 4.64. The Bertz CT molecular complexity index is 1090. The first-order valence-electron chi connectivity index (χ1n) is 9.73. The SMILES string of the molecule is CCNC(=NCc1nnc2ccccn12)NCCc1cnn(-c2ccccc2)c1.I. The van der Waals surface area contributed by atoms with E-state index in [2.05, 4.69) is 37.1 Å². The largest absolute Gasteiger partial charge is 0.357 e. The van der Waals surface area contributed by atoms with Crippen LogP contribution in [-0.2, 0) is 13.0 Å². The van der Waals surface area contributed by atoms with E-state index in [0.717, 1.165) is 42.6 Å². The third-order valence-corrected chi connectivity index (χ3v) is 4.47. The van der Waals surface area contributed by atoms with Gasteiger partial charge in [-0.1, -0.05) is 24.3 Å². The number of fused-ring (bicyclic) bond motifs is 1. The van der Waals surface area contributed by atoms with Crippen LogP contribution in [0.5, 0.6) is 0 Å². The van der Waals surface area contributed by atoms with Gasteiger partial charge in [0.2, 0.25) is 0 Å². The first kappa shape index (κ1) is 21.8. The first-order valence-corrected chi connectivity index (χ1v) is 9.73. The number of para-hydroxylation sites is 1. The predicted molar refractivity (Wildman–Crippen MR) is 128 cm³/mol. The fourth-order valence-corrected chi connectivity index (χ4v) is 3.03. The lowest BCUT2D eigenvalue weighted by molar-refractivity contribution is 0.787. The molecule has 3 heterocycles. The maximum Gasteiger partial charge on any atom is 0.191 e. The summed E-state index contributed by atoms with van der Waals surface area (Å²) in [6.07, 6.45) is 6.76. The number of nitrogens with zero attached hydrogens (tertiary/aromatic N) is 6. The molecule has 30 heavy (non-hydrogen) atoms. The third kappa shape index (κ3) is 5.35. The summed E-state index contributed by atoms with van der Waals surface area (Å²) in [7, 11) is 0. The number of pyridine rings is 1. The molecule has 0 aliphatic heterocycles. The Morgan fingerprint density at radius 2 is 1.87 bits per heavy atom. The fourth-order valence-electron chi connectivity index (χ4n) is 3.03. The van der Waals surface area contributed by atoms with Gasteiger partial charge in [0.05, 0.1) is 11.9 Å². The van der Waals surface area contributed by atoms with Gasteiger partial charge in [-0.05, 0) is 43.2 Å². The van der Waals surface area contributed by atoms with Crippen LogP contribution in [0.2, 0.25) is 0 Å². The summed E-state index contributed by atoms with van der Waals surface area (Å²) in [4.78, 5) is 4.64. The molecule has 0 aliphatic rings. The van der Waals surface area contributed by atoms with Crippen LogP contribution < -0.4 is 10.6 Å². The number of hydrogen-bond donors (Lipinski definition) is 2. The Morgan fingerprint density at radius 3 is 2.70 bits per heavy atom. The Balaban J connectivity index is 0.00000256. The van der Waals surface area contributed by atoms with Crippen molar-refractivity contribution in [1.29, 1.82) is 0 Å². The van der Waals surface area contributed by atoms with E-state index < -0.39 is 0 Å². The van der Waals surface area contributed by atoms with Crippen molar-refractivity contribution in [3.05, 3.63) is 78.5 Å². The van der Waals surface area contributed by atoms with E-state index in [-0.39, 0.29) is 24.0 Å². The molecule has 156 valence electrons. The standard InChI is InChI=1S/C21H24N8.HI/c1-2-22-21(24-15-20-27-26-19-10-6-7-13-28(19)20)23-12-11-17-14-25-29(16-17)18-8-4-3-5-9-18;/h3-10,13-14,16H,2,11-12,15H2,1H3,(H2,22,23,24);1H. The minimum atomic E-state index is 0. The molecule has 0 spiro atoms. The van der Waals surface area contributed by atoms with Crippen molar-refractivity contribution in [2.45, 2.75) is 19.9 Å². The second-order valence-corrected chi connectivity index (χ2v) is 6.55. The summed E-state index contributed by atoms with van der Waals surface area (Å²) < 4.78 is 3.84. The number of aliphatic imine (C=N–C) groups is 1. The highest BCUT2D eigenvalue weighted by Gasteiger charge is 2.05. The number of benzene rings is 1. The van der Waals surface area contributed by atoms with Crippen molar-refractivity contribution >= 4 is 35.6 Å². The van der Waals surface area contributed by atoms with Gasteiger partial charge in [0.15, 0.2) is 17.4 Å². The van der Waals surface area contributed by atoms with Crippen LogP contribution in [0.25, 0.3) is 11.3 Å². The van der Waals surface area contributed by atoms with E-state index in [1.54, 1.807) is 0 Å². The third-order valence-electron chi connectivity index (χ3n) is 4.47. The molecule has 0 saturated carbocycles. The number of guanidine groups is 1. The van der Waals surface area contributed by atoms with Crippen molar-refractivity contribution < 1.29 is 0 Å². The molecule has 0 atom stereocenters. The molecule has 1 aromatic carbocycles. The van der Waals surface area contributed by atoms with E-state index in [0.29, 0.717) is 6.54 Å². The number of nitrogens with one attached hydrogen (secondary N) is 2. The molecule has 2 N–H and O–H groups in total. The summed E-state index contributed by atoms with van der Waals surface area (Å²) in [5.41, 5.74) is 3.05. The molecule has 8 nitrogen and oxygen atoms in total. The Hall–Kier alpha value is -2.95. The van der Waals surface area contributed by atoms with Crippen molar-refractivity contribution in [3.8, 4) is 5.69 Å². The minimum Gasteiger partial charge on any atom is -0.357 e. The molecular formula is C21H25IN8. The summed E-state index contributed by atoms with van der Waals surface area (Å²) in [5, 5.41) is 19.5. The van der Waals surface area contributed by atoms with E-state index in [1.165, 1.54) is 5.56 Å². The summed E-state index contributed by atoms with van der Waals surface area (Å²) in [6.45, 7) is 4.05. The van der Waals surface area contributed by atoms with E-state index in [1.807, 2.05) is 76.9 Å². The van der Waals surface area contributed by atoms with Crippen LogP contribution in [0.1, 0.15) is 18.3 Å². The molecular weight excluding hydrogens is 491 g/mol. The highest BCUT2D eigenvalue weighted by molar-refractivity contribution is 14.0. The van der Waals surface area contributed by atoms with E-state index >= 15 is 0 Å². The fraction of sp³-hybridized carbons (Fsp3) is 0.238. The van der Waals surface area contributed by atoms with Crippen LogP contribution in [0.15, 0.2) is 72.1 Å². The summed E-state index contributed by atoms with van der Waals surface area (Å²) >= 11 is 0. The summed E-state index contributed by atoms with van der Waals surface area (Å²) in [6, 6.07) is 15.9. The zero-order valence-corrected chi connectivity index (χ0v) is 19.1. The van der Waals surface area contributed by atoms with Crippen LogP contribution >= 0.6 is 24.0 Å². The lowest BCUT2D eigenvalue weighted by Crippen LogP contribution is -2.38.